The second-order valence-electron chi connectivity index (χ2n) is 4.05. The van der Waals surface area contributed by atoms with E-state index in [9.17, 15) is 8.42 Å². The van der Waals surface area contributed by atoms with Crippen molar-refractivity contribution >= 4 is 32.9 Å². The molecule has 0 aliphatic rings. The number of benzene rings is 1. The van der Waals surface area contributed by atoms with E-state index in [1.165, 1.54) is 0 Å². The van der Waals surface area contributed by atoms with Crippen molar-refractivity contribution in [2.24, 2.45) is 5.73 Å². The first-order valence-corrected chi connectivity index (χ1v) is 8.00. The molecule has 0 aliphatic carbocycles. The molecule has 0 aromatic heterocycles. The summed E-state index contributed by atoms with van der Waals surface area (Å²) in [6.07, 6.45) is 1.48. The minimum Gasteiger partial charge on any atom is -0.487 e. The Balaban J connectivity index is 2.59. The van der Waals surface area contributed by atoms with Gasteiger partial charge in [0.2, 0.25) is 10.0 Å². The van der Waals surface area contributed by atoms with Crippen LogP contribution in [0.3, 0.4) is 0 Å². The molecule has 5 nitrogen and oxygen atoms in total. The summed E-state index contributed by atoms with van der Waals surface area (Å²) >= 11 is 4.69. The van der Waals surface area contributed by atoms with Crippen LogP contribution in [0.2, 0.25) is 0 Å². The summed E-state index contributed by atoms with van der Waals surface area (Å²) in [5.41, 5.74) is 5.83. The lowest BCUT2D eigenvalue weighted by Crippen LogP contribution is -2.18. The number of thiocarbonyl (C=S) groups is 1. The Hall–Kier alpha value is -1.34. The number of ether oxygens (including phenoxy) is 1. The molecule has 0 fully saturated rings. The normalized spacial score (nSPS) is 11.0. The lowest BCUT2D eigenvalue weighted by molar-refractivity contribution is 0.377. The molecular formula is C12H18N2O3S2. The fourth-order valence-electron chi connectivity index (χ4n) is 1.34. The van der Waals surface area contributed by atoms with Gasteiger partial charge in [-0.3, -0.25) is 4.72 Å². The Bertz CT molecular complexity index is 512. The topological polar surface area (TPSA) is 81.4 Å². The quantitative estimate of drug-likeness (QED) is 0.717. The number of nitrogens with one attached hydrogen (secondary N) is 1. The highest BCUT2D eigenvalue weighted by Crippen LogP contribution is 2.17. The van der Waals surface area contributed by atoms with Gasteiger partial charge in [0.25, 0.3) is 0 Å². The molecule has 106 valence electrons. The number of sulfonamides is 1. The second-order valence-corrected chi connectivity index (χ2v) is 6.42. The van der Waals surface area contributed by atoms with Gasteiger partial charge in [-0.1, -0.05) is 25.6 Å². The van der Waals surface area contributed by atoms with E-state index in [-0.39, 0.29) is 17.3 Å². The van der Waals surface area contributed by atoms with Crippen LogP contribution >= 0.6 is 12.2 Å². The third-order valence-corrected chi connectivity index (χ3v) is 3.77. The van der Waals surface area contributed by atoms with Gasteiger partial charge in [0.15, 0.2) is 0 Å². The van der Waals surface area contributed by atoms with Crippen molar-refractivity contribution in [1.82, 2.24) is 0 Å². The smallest absolute Gasteiger partial charge is 0.232 e. The average molecular weight is 302 g/mol. The molecule has 19 heavy (non-hydrogen) atoms. The van der Waals surface area contributed by atoms with Gasteiger partial charge in [-0.05, 0) is 30.7 Å². The van der Waals surface area contributed by atoms with Crippen LogP contribution in [0.4, 0.5) is 5.69 Å². The first-order chi connectivity index (χ1) is 8.93. The van der Waals surface area contributed by atoms with Gasteiger partial charge in [0.1, 0.15) is 17.3 Å². The molecule has 1 aromatic carbocycles. The Morgan fingerprint density at radius 1 is 1.37 bits per heavy atom. The highest BCUT2D eigenvalue weighted by atomic mass is 32.2. The Morgan fingerprint density at radius 2 is 2.00 bits per heavy atom. The minimum absolute atomic E-state index is 0.128. The van der Waals surface area contributed by atoms with Crippen LogP contribution in [0.5, 0.6) is 5.75 Å². The summed E-state index contributed by atoms with van der Waals surface area (Å²) in [5, 5.41) is 0. The van der Waals surface area contributed by atoms with Crippen molar-refractivity contribution in [3.05, 3.63) is 24.3 Å². The summed E-state index contributed by atoms with van der Waals surface area (Å²) < 4.78 is 31.2. The van der Waals surface area contributed by atoms with Gasteiger partial charge in [0.05, 0.1) is 5.75 Å². The number of rotatable bonds is 8. The molecule has 0 atom stereocenters. The molecule has 0 unspecified atom stereocenters. The predicted octanol–water partition coefficient (Wildman–Crippen LogP) is 1.89. The zero-order chi connectivity index (χ0) is 14.3. The molecule has 0 saturated heterocycles. The Morgan fingerprint density at radius 3 is 2.53 bits per heavy atom. The van der Waals surface area contributed by atoms with Crippen LogP contribution in [0.15, 0.2) is 24.3 Å². The molecule has 1 rings (SSSR count). The molecule has 0 saturated carbocycles. The molecule has 0 amide bonds. The maximum absolute atomic E-state index is 11.7. The zero-order valence-corrected chi connectivity index (χ0v) is 12.4. The number of hydrogen-bond acceptors (Lipinski definition) is 4. The predicted molar refractivity (Wildman–Crippen MR) is 81.0 cm³/mol. The Labute approximate surface area is 119 Å². The first-order valence-electron chi connectivity index (χ1n) is 5.94. The van der Waals surface area contributed by atoms with E-state index in [1.807, 2.05) is 6.92 Å². The van der Waals surface area contributed by atoms with E-state index < -0.39 is 10.0 Å². The van der Waals surface area contributed by atoms with Crippen molar-refractivity contribution in [2.45, 2.75) is 19.8 Å². The van der Waals surface area contributed by atoms with E-state index in [4.69, 9.17) is 22.7 Å². The molecule has 1 aromatic rings. The lowest BCUT2D eigenvalue weighted by Gasteiger charge is -2.09. The van der Waals surface area contributed by atoms with Gasteiger partial charge in [-0.25, -0.2) is 8.42 Å². The summed E-state index contributed by atoms with van der Waals surface area (Å²) in [6.45, 7) is 2.11. The summed E-state index contributed by atoms with van der Waals surface area (Å²) in [5.74, 6) is 0.715. The van der Waals surface area contributed by atoms with E-state index in [1.54, 1.807) is 24.3 Å². The lowest BCUT2D eigenvalue weighted by atomic mass is 10.3. The maximum Gasteiger partial charge on any atom is 0.232 e. The van der Waals surface area contributed by atoms with Crippen LogP contribution in [0.25, 0.3) is 0 Å². The standard InChI is InChI=1S/C12H18N2O3S2/c1-2-3-8-19(15,16)14-10-4-6-11(7-5-10)17-9-12(13)18/h4-7,14H,2-3,8-9H2,1H3,(H2,13,18). The van der Waals surface area contributed by atoms with Crippen LogP contribution in [0.1, 0.15) is 19.8 Å². The van der Waals surface area contributed by atoms with E-state index in [2.05, 4.69) is 4.72 Å². The summed E-state index contributed by atoms with van der Waals surface area (Å²) in [4.78, 5) is 0.268. The monoisotopic (exact) mass is 302 g/mol. The summed E-state index contributed by atoms with van der Waals surface area (Å²) in [7, 11) is -3.27. The highest BCUT2D eigenvalue weighted by Gasteiger charge is 2.09. The molecule has 0 spiro atoms. The molecule has 0 heterocycles. The first kappa shape index (κ1) is 15.7. The third kappa shape index (κ3) is 6.40. The van der Waals surface area contributed by atoms with Gasteiger partial charge < -0.3 is 10.5 Å². The average Bonchev–Trinajstić information content (AvgIpc) is 2.35. The SMILES string of the molecule is CCCCS(=O)(=O)Nc1ccc(OCC(N)=S)cc1. The van der Waals surface area contributed by atoms with Crippen molar-refractivity contribution in [3.8, 4) is 5.75 Å². The second kappa shape index (κ2) is 7.30. The van der Waals surface area contributed by atoms with Crippen molar-refractivity contribution < 1.29 is 13.2 Å². The zero-order valence-electron chi connectivity index (χ0n) is 10.8. The van der Waals surface area contributed by atoms with E-state index in [0.29, 0.717) is 17.9 Å². The van der Waals surface area contributed by atoms with Gasteiger partial charge in [-0.15, -0.1) is 0 Å². The van der Waals surface area contributed by atoms with Crippen LogP contribution in [-0.2, 0) is 10.0 Å². The maximum atomic E-state index is 11.7. The number of hydrogen-bond donors (Lipinski definition) is 2. The summed E-state index contributed by atoms with van der Waals surface area (Å²) in [6, 6.07) is 6.60. The number of nitrogens with two attached hydrogens (primary N) is 1. The third-order valence-electron chi connectivity index (χ3n) is 2.28. The van der Waals surface area contributed by atoms with Gasteiger partial charge in [0, 0.05) is 5.69 Å². The minimum atomic E-state index is -3.27. The fraction of sp³-hybridized carbons (Fsp3) is 0.417. The molecule has 0 bridgehead atoms. The van der Waals surface area contributed by atoms with Crippen molar-refractivity contribution in [1.29, 1.82) is 0 Å². The van der Waals surface area contributed by atoms with E-state index >= 15 is 0 Å². The molecular weight excluding hydrogens is 284 g/mol. The van der Waals surface area contributed by atoms with Crippen LogP contribution in [-0.4, -0.2) is 25.8 Å². The van der Waals surface area contributed by atoms with Gasteiger partial charge >= 0.3 is 0 Å². The van der Waals surface area contributed by atoms with Gasteiger partial charge in [-0.2, -0.15) is 0 Å². The molecule has 0 radical (unpaired) electrons. The molecule has 7 heteroatoms. The largest absolute Gasteiger partial charge is 0.487 e. The fourth-order valence-corrected chi connectivity index (χ4v) is 2.66. The van der Waals surface area contributed by atoms with Crippen LogP contribution < -0.4 is 15.2 Å². The Kier molecular flexibility index (Phi) is 6.04. The number of unbranched alkanes of at least 4 members (excludes halogenated alkanes) is 1. The van der Waals surface area contributed by atoms with Crippen molar-refractivity contribution in [2.75, 3.05) is 17.1 Å². The van der Waals surface area contributed by atoms with E-state index in [0.717, 1.165) is 6.42 Å². The molecule has 0 aliphatic heterocycles. The van der Waals surface area contributed by atoms with Crippen molar-refractivity contribution in [3.63, 3.8) is 0 Å². The van der Waals surface area contributed by atoms with Crippen LogP contribution in [0, 0.1) is 0 Å². The molecule has 3 N–H and O–H groups in total. The number of anilines is 1. The highest BCUT2D eigenvalue weighted by molar-refractivity contribution is 7.92.